The van der Waals surface area contributed by atoms with Crippen LogP contribution in [0.3, 0.4) is 0 Å². The first kappa shape index (κ1) is 16.4. The normalized spacial score (nSPS) is 22.9. The van der Waals surface area contributed by atoms with E-state index in [1.54, 1.807) is 7.11 Å². The topological polar surface area (TPSA) is 53.6 Å². The van der Waals surface area contributed by atoms with Crippen molar-refractivity contribution in [2.24, 2.45) is 5.41 Å². The third kappa shape index (κ3) is 5.09. The van der Waals surface area contributed by atoms with E-state index in [-0.39, 0.29) is 11.3 Å². The molecular formula is C14H29N3O2. The highest BCUT2D eigenvalue weighted by Gasteiger charge is 2.39. The minimum atomic E-state index is -0.167. The van der Waals surface area contributed by atoms with Crippen LogP contribution in [0.5, 0.6) is 0 Å². The highest BCUT2D eigenvalue weighted by molar-refractivity contribution is 5.83. The number of ether oxygens (including phenoxy) is 1. The summed E-state index contributed by atoms with van der Waals surface area (Å²) in [4.78, 5) is 14.5. The summed E-state index contributed by atoms with van der Waals surface area (Å²) in [6.45, 7) is 7.14. The van der Waals surface area contributed by atoms with Crippen molar-refractivity contribution in [2.45, 2.75) is 26.2 Å². The fourth-order valence-corrected chi connectivity index (χ4v) is 2.65. The highest BCUT2D eigenvalue weighted by Crippen LogP contribution is 2.31. The number of nitrogens with one attached hydrogen (secondary N) is 2. The molecule has 1 unspecified atom stereocenters. The van der Waals surface area contributed by atoms with Crippen LogP contribution < -0.4 is 10.6 Å². The van der Waals surface area contributed by atoms with Gasteiger partial charge in [-0.05, 0) is 26.4 Å². The number of likely N-dealkylation sites (N-methyl/N-ethyl adjacent to an activating group) is 1. The Labute approximate surface area is 117 Å². The Morgan fingerprint density at radius 2 is 2.26 bits per heavy atom. The molecule has 2 N–H and O–H groups in total. The van der Waals surface area contributed by atoms with Crippen LogP contribution in [0, 0.1) is 5.41 Å². The van der Waals surface area contributed by atoms with Crippen LogP contribution in [0.25, 0.3) is 0 Å². The lowest BCUT2D eigenvalue weighted by atomic mass is 9.81. The standard InChI is InChI=1S/C14H29N3O2/c1-4-5-14(6-7-15-12-14)13(18)16-8-9-17(2)10-11-19-3/h15H,4-12H2,1-3H3,(H,16,18). The van der Waals surface area contributed by atoms with Crippen molar-refractivity contribution in [3.63, 3.8) is 0 Å². The molecule has 1 rings (SSSR count). The van der Waals surface area contributed by atoms with Crippen LogP contribution in [0.2, 0.25) is 0 Å². The Morgan fingerprint density at radius 3 is 2.84 bits per heavy atom. The predicted molar refractivity (Wildman–Crippen MR) is 77.2 cm³/mol. The molecule has 112 valence electrons. The maximum atomic E-state index is 12.4. The number of rotatable bonds is 9. The largest absolute Gasteiger partial charge is 0.383 e. The lowest BCUT2D eigenvalue weighted by Gasteiger charge is -2.27. The molecule has 0 aliphatic carbocycles. The highest BCUT2D eigenvalue weighted by atomic mass is 16.5. The average Bonchev–Trinajstić information content (AvgIpc) is 2.86. The molecule has 0 saturated carbocycles. The molecule has 0 aromatic rings. The molecule has 1 saturated heterocycles. The lowest BCUT2D eigenvalue weighted by Crippen LogP contribution is -2.45. The summed E-state index contributed by atoms with van der Waals surface area (Å²) in [5.74, 6) is 0.222. The third-order valence-corrected chi connectivity index (χ3v) is 3.91. The quantitative estimate of drug-likeness (QED) is 0.640. The smallest absolute Gasteiger partial charge is 0.227 e. The molecular weight excluding hydrogens is 242 g/mol. The second-order valence-corrected chi connectivity index (χ2v) is 5.51. The molecule has 5 heteroatoms. The minimum Gasteiger partial charge on any atom is -0.383 e. The van der Waals surface area contributed by atoms with Gasteiger partial charge in [-0.1, -0.05) is 13.3 Å². The van der Waals surface area contributed by atoms with Crippen LogP contribution in [0.1, 0.15) is 26.2 Å². The van der Waals surface area contributed by atoms with E-state index < -0.39 is 0 Å². The van der Waals surface area contributed by atoms with Gasteiger partial charge in [0.2, 0.25) is 5.91 Å². The summed E-state index contributed by atoms with van der Waals surface area (Å²) in [5, 5.41) is 6.41. The van der Waals surface area contributed by atoms with Crippen molar-refractivity contribution in [1.29, 1.82) is 0 Å². The number of carbonyl (C=O) groups excluding carboxylic acids is 1. The van der Waals surface area contributed by atoms with E-state index in [9.17, 15) is 4.79 Å². The first-order chi connectivity index (χ1) is 9.14. The molecule has 1 amide bonds. The van der Waals surface area contributed by atoms with Crippen LogP contribution in [-0.2, 0) is 9.53 Å². The molecule has 0 radical (unpaired) electrons. The summed E-state index contributed by atoms with van der Waals surface area (Å²) in [6, 6.07) is 0. The van der Waals surface area contributed by atoms with Crippen molar-refractivity contribution in [1.82, 2.24) is 15.5 Å². The van der Waals surface area contributed by atoms with Crippen LogP contribution >= 0.6 is 0 Å². The van der Waals surface area contributed by atoms with Gasteiger partial charge in [-0.15, -0.1) is 0 Å². The Kier molecular flexibility index (Phi) is 7.34. The molecule has 0 bridgehead atoms. The van der Waals surface area contributed by atoms with Crippen molar-refractivity contribution in [3.8, 4) is 0 Å². The van der Waals surface area contributed by atoms with E-state index in [0.29, 0.717) is 6.54 Å². The van der Waals surface area contributed by atoms with Gasteiger partial charge in [-0.25, -0.2) is 0 Å². The van der Waals surface area contributed by atoms with Gasteiger partial charge in [0, 0.05) is 33.3 Å². The van der Waals surface area contributed by atoms with E-state index in [1.807, 2.05) is 7.05 Å². The number of methoxy groups -OCH3 is 1. The Bertz CT molecular complexity index is 265. The van der Waals surface area contributed by atoms with Gasteiger partial charge in [-0.3, -0.25) is 4.79 Å². The molecule has 1 fully saturated rings. The molecule has 0 aromatic carbocycles. The maximum Gasteiger partial charge on any atom is 0.227 e. The van der Waals surface area contributed by atoms with E-state index in [0.717, 1.165) is 52.0 Å². The molecule has 1 heterocycles. The first-order valence-electron chi connectivity index (χ1n) is 7.31. The molecule has 1 atom stereocenters. The summed E-state index contributed by atoms with van der Waals surface area (Å²) in [6.07, 6.45) is 3.00. The van der Waals surface area contributed by atoms with Gasteiger partial charge < -0.3 is 20.3 Å². The molecule has 19 heavy (non-hydrogen) atoms. The average molecular weight is 271 g/mol. The molecule has 0 aromatic heterocycles. The number of amides is 1. The number of carbonyl (C=O) groups is 1. The fourth-order valence-electron chi connectivity index (χ4n) is 2.65. The second kappa shape index (κ2) is 8.51. The zero-order chi connectivity index (χ0) is 14.1. The van der Waals surface area contributed by atoms with E-state index in [2.05, 4.69) is 22.5 Å². The summed E-state index contributed by atoms with van der Waals surface area (Å²) < 4.78 is 5.03. The van der Waals surface area contributed by atoms with Crippen molar-refractivity contribution in [3.05, 3.63) is 0 Å². The first-order valence-corrected chi connectivity index (χ1v) is 7.31. The summed E-state index contributed by atoms with van der Waals surface area (Å²) in [5.41, 5.74) is -0.167. The van der Waals surface area contributed by atoms with Gasteiger partial charge in [0.15, 0.2) is 0 Å². The molecule has 0 spiro atoms. The Balaban J connectivity index is 2.29. The Hall–Kier alpha value is -0.650. The van der Waals surface area contributed by atoms with Gasteiger partial charge in [0.1, 0.15) is 0 Å². The number of nitrogens with zero attached hydrogens (tertiary/aromatic N) is 1. The van der Waals surface area contributed by atoms with Crippen molar-refractivity contribution >= 4 is 5.91 Å². The Morgan fingerprint density at radius 1 is 1.47 bits per heavy atom. The number of hydrogen-bond donors (Lipinski definition) is 2. The SMILES string of the molecule is CCCC1(C(=O)NCCN(C)CCOC)CCNC1. The van der Waals surface area contributed by atoms with Gasteiger partial charge >= 0.3 is 0 Å². The van der Waals surface area contributed by atoms with E-state index in [1.165, 1.54) is 0 Å². The zero-order valence-electron chi connectivity index (χ0n) is 12.6. The van der Waals surface area contributed by atoms with Crippen molar-refractivity contribution < 1.29 is 9.53 Å². The zero-order valence-corrected chi connectivity index (χ0v) is 12.6. The third-order valence-electron chi connectivity index (χ3n) is 3.91. The molecule has 1 aliphatic heterocycles. The van der Waals surface area contributed by atoms with Gasteiger partial charge in [0.05, 0.1) is 12.0 Å². The van der Waals surface area contributed by atoms with E-state index >= 15 is 0 Å². The lowest BCUT2D eigenvalue weighted by molar-refractivity contribution is -0.130. The maximum absolute atomic E-state index is 12.4. The van der Waals surface area contributed by atoms with Gasteiger partial charge in [-0.2, -0.15) is 0 Å². The predicted octanol–water partition coefficient (Wildman–Crippen LogP) is 0.461. The van der Waals surface area contributed by atoms with Crippen LogP contribution in [-0.4, -0.2) is 64.3 Å². The number of hydrogen-bond acceptors (Lipinski definition) is 4. The second-order valence-electron chi connectivity index (χ2n) is 5.51. The molecule has 1 aliphatic rings. The monoisotopic (exact) mass is 271 g/mol. The molecule has 5 nitrogen and oxygen atoms in total. The minimum absolute atomic E-state index is 0.167. The summed E-state index contributed by atoms with van der Waals surface area (Å²) >= 11 is 0. The van der Waals surface area contributed by atoms with E-state index in [4.69, 9.17) is 4.74 Å². The van der Waals surface area contributed by atoms with Crippen LogP contribution in [0.4, 0.5) is 0 Å². The summed E-state index contributed by atoms with van der Waals surface area (Å²) in [7, 11) is 3.75. The van der Waals surface area contributed by atoms with Crippen molar-refractivity contribution in [2.75, 3.05) is 53.5 Å². The van der Waals surface area contributed by atoms with Crippen LogP contribution in [0.15, 0.2) is 0 Å². The van der Waals surface area contributed by atoms with Gasteiger partial charge in [0.25, 0.3) is 0 Å². The fraction of sp³-hybridized carbons (Fsp3) is 0.929.